The number of urea groups is 1. The van der Waals surface area contributed by atoms with Crippen LogP contribution in [0.3, 0.4) is 0 Å². The van der Waals surface area contributed by atoms with E-state index in [9.17, 15) is 9.59 Å². The van der Waals surface area contributed by atoms with Crippen molar-refractivity contribution < 1.29 is 14.7 Å². The maximum Gasteiger partial charge on any atom is 0.337 e. The molecule has 1 heterocycles. The van der Waals surface area contributed by atoms with Gasteiger partial charge in [-0.05, 0) is 43.9 Å². The Hall–Kier alpha value is -1.75. The topological polar surface area (TPSA) is 69.6 Å². The van der Waals surface area contributed by atoms with Gasteiger partial charge < -0.3 is 15.3 Å². The van der Waals surface area contributed by atoms with E-state index < -0.39 is 5.97 Å². The first-order valence-electron chi connectivity index (χ1n) is 6.99. The van der Waals surface area contributed by atoms with Gasteiger partial charge in [0.2, 0.25) is 0 Å². The van der Waals surface area contributed by atoms with Crippen molar-refractivity contribution in [2.75, 3.05) is 11.9 Å². The summed E-state index contributed by atoms with van der Waals surface area (Å²) in [5.41, 5.74) is 0.261. The van der Waals surface area contributed by atoms with Crippen LogP contribution in [-0.4, -0.2) is 34.6 Å². The van der Waals surface area contributed by atoms with E-state index in [-0.39, 0.29) is 23.3 Å². The van der Waals surface area contributed by atoms with E-state index in [2.05, 4.69) is 12.2 Å². The van der Waals surface area contributed by atoms with Crippen LogP contribution >= 0.6 is 11.6 Å². The number of likely N-dealkylation sites (tertiary alicyclic amines) is 1. The summed E-state index contributed by atoms with van der Waals surface area (Å²) in [6.45, 7) is 4.85. The summed E-state index contributed by atoms with van der Waals surface area (Å²) in [5, 5.41) is 12.2. The number of aromatic carboxylic acids is 1. The highest BCUT2D eigenvalue weighted by Gasteiger charge is 2.27. The number of amides is 2. The van der Waals surface area contributed by atoms with E-state index in [4.69, 9.17) is 16.7 Å². The van der Waals surface area contributed by atoms with Gasteiger partial charge in [0.1, 0.15) is 0 Å². The molecule has 0 radical (unpaired) electrons. The Morgan fingerprint density at radius 2 is 2.10 bits per heavy atom. The molecule has 2 rings (SSSR count). The molecule has 114 valence electrons. The molecule has 0 spiro atoms. The Labute approximate surface area is 128 Å². The second kappa shape index (κ2) is 6.35. The van der Waals surface area contributed by atoms with Crippen LogP contribution < -0.4 is 5.32 Å². The van der Waals surface area contributed by atoms with Gasteiger partial charge in [-0.15, -0.1) is 0 Å². The zero-order valence-corrected chi connectivity index (χ0v) is 12.9. The minimum Gasteiger partial charge on any atom is -0.478 e. The summed E-state index contributed by atoms with van der Waals surface area (Å²) in [6.07, 6.45) is 1.91. The Bertz CT molecular complexity index is 562. The predicted molar refractivity (Wildman–Crippen MR) is 82.0 cm³/mol. The van der Waals surface area contributed by atoms with E-state index in [1.807, 2.05) is 6.92 Å². The Balaban J connectivity index is 2.16. The second-order valence-corrected chi connectivity index (χ2v) is 6.03. The standard InChI is InChI=1S/C15H19ClN2O3/c1-9-5-6-18(10(2)7-9)15(21)17-13-8-11(16)3-4-12(13)14(19)20/h3-4,8-10H,5-7H2,1-2H3,(H,17,21)(H,19,20). The van der Waals surface area contributed by atoms with Gasteiger partial charge in [0.15, 0.2) is 0 Å². The lowest BCUT2D eigenvalue weighted by molar-refractivity contribution is 0.0698. The Morgan fingerprint density at radius 1 is 1.38 bits per heavy atom. The van der Waals surface area contributed by atoms with Crippen molar-refractivity contribution in [1.29, 1.82) is 0 Å². The number of carbonyl (C=O) groups excluding carboxylic acids is 1. The highest BCUT2D eigenvalue weighted by molar-refractivity contribution is 6.31. The SMILES string of the molecule is CC1CCN(C(=O)Nc2cc(Cl)ccc2C(=O)O)C(C)C1. The van der Waals surface area contributed by atoms with Crippen LogP contribution in [-0.2, 0) is 0 Å². The lowest BCUT2D eigenvalue weighted by Gasteiger charge is -2.36. The van der Waals surface area contributed by atoms with Crippen LogP contribution in [0.2, 0.25) is 5.02 Å². The third-order valence-corrected chi connectivity index (χ3v) is 4.09. The predicted octanol–water partition coefficient (Wildman–Crippen LogP) is 3.69. The molecular formula is C15H19ClN2O3. The molecule has 6 heteroatoms. The molecule has 2 atom stereocenters. The Kier molecular flexibility index (Phi) is 4.73. The molecule has 1 aliphatic rings. The number of halogens is 1. The number of hydrogen-bond donors (Lipinski definition) is 2. The first-order chi connectivity index (χ1) is 9.88. The highest BCUT2D eigenvalue weighted by atomic mass is 35.5. The summed E-state index contributed by atoms with van der Waals surface area (Å²) in [4.78, 5) is 25.3. The summed E-state index contributed by atoms with van der Waals surface area (Å²) in [6, 6.07) is 4.20. The quantitative estimate of drug-likeness (QED) is 0.875. The maximum atomic E-state index is 12.3. The van der Waals surface area contributed by atoms with Crippen LogP contribution in [0.4, 0.5) is 10.5 Å². The molecule has 2 N–H and O–H groups in total. The van der Waals surface area contributed by atoms with Crippen molar-refractivity contribution in [2.24, 2.45) is 5.92 Å². The first-order valence-corrected chi connectivity index (χ1v) is 7.36. The molecule has 0 bridgehead atoms. The fourth-order valence-corrected chi connectivity index (χ4v) is 2.87. The van der Waals surface area contributed by atoms with Crippen molar-refractivity contribution in [3.63, 3.8) is 0 Å². The molecule has 21 heavy (non-hydrogen) atoms. The zero-order chi connectivity index (χ0) is 15.6. The van der Waals surface area contributed by atoms with Gasteiger partial charge in [0.05, 0.1) is 11.3 Å². The largest absolute Gasteiger partial charge is 0.478 e. The molecule has 0 aromatic heterocycles. The van der Waals surface area contributed by atoms with Crippen LogP contribution in [0.1, 0.15) is 37.0 Å². The monoisotopic (exact) mass is 310 g/mol. The van der Waals surface area contributed by atoms with Gasteiger partial charge in [0.25, 0.3) is 0 Å². The first kappa shape index (κ1) is 15.6. The Morgan fingerprint density at radius 3 is 2.71 bits per heavy atom. The van der Waals surface area contributed by atoms with Gasteiger partial charge in [0, 0.05) is 17.6 Å². The molecule has 2 unspecified atom stereocenters. The molecule has 1 aliphatic heterocycles. The number of rotatable bonds is 2. The molecule has 1 fully saturated rings. The molecule has 1 aromatic carbocycles. The van der Waals surface area contributed by atoms with Crippen molar-refractivity contribution in [3.8, 4) is 0 Å². The number of nitrogens with one attached hydrogen (secondary N) is 1. The second-order valence-electron chi connectivity index (χ2n) is 5.60. The van der Waals surface area contributed by atoms with Crippen LogP contribution in [0.5, 0.6) is 0 Å². The molecule has 0 aliphatic carbocycles. The number of benzene rings is 1. The maximum absolute atomic E-state index is 12.3. The molecule has 2 amide bonds. The summed E-state index contributed by atoms with van der Waals surface area (Å²) >= 11 is 5.88. The van der Waals surface area contributed by atoms with Crippen molar-refractivity contribution in [1.82, 2.24) is 4.90 Å². The van der Waals surface area contributed by atoms with E-state index in [1.165, 1.54) is 18.2 Å². The van der Waals surface area contributed by atoms with Crippen LogP contribution in [0.25, 0.3) is 0 Å². The summed E-state index contributed by atoms with van der Waals surface area (Å²) in [7, 11) is 0. The normalized spacial score (nSPS) is 22.0. The number of carboxylic acids is 1. The number of nitrogens with zero attached hydrogens (tertiary/aromatic N) is 1. The molecule has 1 saturated heterocycles. The molecule has 5 nitrogen and oxygen atoms in total. The van der Waals surface area contributed by atoms with Gasteiger partial charge in [-0.3, -0.25) is 0 Å². The van der Waals surface area contributed by atoms with Gasteiger partial charge in [-0.2, -0.15) is 0 Å². The summed E-state index contributed by atoms with van der Waals surface area (Å²) in [5.74, 6) is -0.493. The third-order valence-electron chi connectivity index (χ3n) is 3.85. The lowest BCUT2D eigenvalue weighted by Crippen LogP contribution is -2.46. The number of carboxylic acid groups (broad SMARTS) is 1. The number of carbonyl (C=O) groups is 2. The fraction of sp³-hybridized carbons (Fsp3) is 0.467. The summed E-state index contributed by atoms with van der Waals surface area (Å²) < 4.78 is 0. The molecule has 0 saturated carbocycles. The average molecular weight is 311 g/mol. The highest BCUT2D eigenvalue weighted by Crippen LogP contribution is 2.25. The third kappa shape index (κ3) is 3.67. The zero-order valence-electron chi connectivity index (χ0n) is 12.1. The number of hydrogen-bond acceptors (Lipinski definition) is 2. The van der Waals surface area contributed by atoms with E-state index >= 15 is 0 Å². The molecule has 1 aromatic rings. The van der Waals surface area contributed by atoms with Gasteiger partial charge in [-0.1, -0.05) is 18.5 Å². The minimum absolute atomic E-state index is 0.0331. The lowest BCUT2D eigenvalue weighted by atomic mass is 9.94. The van der Waals surface area contributed by atoms with Gasteiger partial charge >= 0.3 is 12.0 Å². The van der Waals surface area contributed by atoms with Crippen LogP contribution in [0, 0.1) is 5.92 Å². The van der Waals surface area contributed by atoms with Crippen molar-refractivity contribution >= 4 is 29.3 Å². The van der Waals surface area contributed by atoms with E-state index in [0.29, 0.717) is 17.5 Å². The average Bonchev–Trinajstić information content (AvgIpc) is 2.37. The smallest absolute Gasteiger partial charge is 0.337 e. The number of piperidine rings is 1. The number of anilines is 1. The van der Waals surface area contributed by atoms with Crippen molar-refractivity contribution in [3.05, 3.63) is 28.8 Å². The van der Waals surface area contributed by atoms with Crippen molar-refractivity contribution in [2.45, 2.75) is 32.7 Å². The fourth-order valence-electron chi connectivity index (χ4n) is 2.70. The van der Waals surface area contributed by atoms with Crippen LogP contribution in [0.15, 0.2) is 18.2 Å². The minimum atomic E-state index is -1.10. The van der Waals surface area contributed by atoms with E-state index in [1.54, 1.807) is 4.90 Å². The molecular weight excluding hydrogens is 292 g/mol. The van der Waals surface area contributed by atoms with Gasteiger partial charge in [-0.25, -0.2) is 9.59 Å². The van der Waals surface area contributed by atoms with E-state index in [0.717, 1.165) is 12.8 Å².